The van der Waals surface area contributed by atoms with Gasteiger partial charge in [0.1, 0.15) is 5.75 Å². The maximum absolute atomic E-state index is 12.5. The van der Waals surface area contributed by atoms with Crippen molar-refractivity contribution >= 4 is 28.7 Å². The zero-order valence-electron chi connectivity index (χ0n) is 10.4. The Morgan fingerprint density at radius 2 is 1.94 bits per heavy atom. The molecule has 1 heterocycles. The zero-order chi connectivity index (χ0) is 13.3. The molecule has 1 aromatic heterocycles. The predicted molar refractivity (Wildman–Crippen MR) is 75.2 cm³/mol. The van der Waals surface area contributed by atoms with Crippen LogP contribution in [0.5, 0.6) is 5.75 Å². The van der Waals surface area contributed by atoms with Gasteiger partial charge in [0, 0.05) is 20.3 Å². The number of hydrogen-bond donors (Lipinski definition) is 0. The molecule has 1 aromatic carbocycles. The Hall–Kier alpha value is -1.32. The number of methoxy groups -OCH3 is 1. The summed E-state index contributed by atoms with van der Waals surface area (Å²) in [5, 5.41) is 0.557. The van der Waals surface area contributed by atoms with Crippen LogP contribution < -0.4 is 4.74 Å². The van der Waals surface area contributed by atoms with Gasteiger partial charge in [-0.05, 0) is 38.1 Å². The molecule has 0 saturated heterocycles. The predicted octanol–water partition coefficient (Wildman–Crippen LogP) is 4.26. The van der Waals surface area contributed by atoms with Crippen LogP contribution in [-0.2, 0) is 0 Å². The number of rotatable bonds is 3. The maximum atomic E-state index is 12.5. The van der Waals surface area contributed by atoms with Gasteiger partial charge >= 0.3 is 0 Å². The van der Waals surface area contributed by atoms with Crippen molar-refractivity contribution in [3.05, 3.63) is 50.2 Å². The Balaban J connectivity index is 2.49. The molecular formula is C14H13ClO2S. The molecule has 2 rings (SSSR count). The van der Waals surface area contributed by atoms with Crippen LogP contribution in [0.2, 0.25) is 5.02 Å². The Morgan fingerprint density at radius 3 is 2.50 bits per heavy atom. The minimum absolute atomic E-state index is 0.0228. The molecule has 18 heavy (non-hydrogen) atoms. The molecule has 94 valence electrons. The van der Waals surface area contributed by atoms with Crippen LogP contribution in [0.15, 0.2) is 24.3 Å². The van der Waals surface area contributed by atoms with E-state index in [1.807, 2.05) is 19.9 Å². The van der Waals surface area contributed by atoms with Crippen molar-refractivity contribution < 1.29 is 9.53 Å². The second-order valence-corrected chi connectivity index (χ2v) is 5.90. The number of carbonyl (C=O) groups excluding carboxylic acids is 1. The Kier molecular flexibility index (Phi) is 3.73. The highest BCUT2D eigenvalue weighted by atomic mass is 35.5. The molecule has 2 nitrogen and oxygen atoms in total. The molecule has 0 aliphatic carbocycles. The second kappa shape index (κ2) is 5.12. The fourth-order valence-corrected chi connectivity index (χ4v) is 2.94. The summed E-state index contributed by atoms with van der Waals surface area (Å²) in [5.74, 6) is 0.487. The lowest BCUT2D eigenvalue weighted by Gasteiger charge is -2.07. The first kappa shape index (κ1) is 13.1. The first-order valence-corrected chi connectivity index (χ1v) is 6.67. The van der Waals surface area contributed by atoms with Crippen molar-refractivity contribution in [1.82, 2.24) is 0 Å². The van der Waals surface area contributed by atoms with E-state index in [1.165, 1.54) is 7.11 Å². The largest absolute Gasteiger partial charge is 0.496 e. The molecule has 0 N–H and O–H groups in total. The molecule has 2 aromatic rings. The van der Waals surface area contributed by atoms with Gasteiger partial charge in [-0.1, -0.05) is 11.6 Å². The number of thiophene rings is 1. The molecule has 0 unspecified atom stereocenters. The van der Waals surface area contributed by atoms with E-state index >= 15 is 0 Å². The fraction of sp³-hybridized carbons (Fsp3) is 0.214. The number of halogens is 1. The summed E-state index contributed by atoms with van der Waals surface area (Å²) in [5.41, 5.74) is 1.28. The molecule has 0 saturated carbocycles. The van der Waals surface area contributed by atoms with Gasteiger partial charge in [0.25, 0.3) is 0 Å². The van der Waals surface area contributed by atoms with E-state index in [2.05, 4.69) is 0 Å². The van der Waals surface area contributed by atoms with Crippen LogP contribution in [-0.4, -0.2) is 12.9 Å². The van der Waals surface area contributed by atoms with Crippen molar-refractivity contribution in [2.45, 2.75) is 13.8 Å². The highest BCUT2D eigenvalue weighted by Gasteiger charge is 2.18. The van der Waals surface area contributed by atoms with Gasteiger partial charge in [0.2, 0.25) is 0 Å². The average molecular weight is 281 g/mol. The Morgan fingerprint density at radius 1 is 1.22 bits per heavy atom. The third kappa shape index (κ3) is 2.42. The minimum atomic E-state index is -0.0228. The molecule has 0 aliphatic heterocycles. The molecule has 0 aliphatic rings. The molecule has 0 spiro atoms. The molecule has 0 amide bonds. The fourth-order valence-electron chi connectivity index (χ4n) is 1.85. The molecule has 4 heteroatoms. The lowest BCUT2D eigenvalue weighted by atomic mass is 10.0. The lowest BCUT2D eigenvalue weighted by Crippen LogP contribution is -2.04. The molecule has 0 fully saturated rings. The first-order valence-electron chi connectivity index (χ1n) is 5.48. The summed E-state index contributed by atoms with van der Waals surface area (Å²) in [6.45, 7) is 3.95. The molecular weight excluding hydrogens is 268 g/mol. The van der Waals surface area contributed by atoms with Gasteiger partial charge in [-0.15, -0.1) is 11.3 Å². The Labute approximate surface area is 115 Å². The summed E-state index contributed by atoms with van der Waals surface area (Å²) in [6, 6.07) is 6.97. The number of ether oxygens (including phenoxy) is 1. The number of benzene rings is 1. The van der Waals surface area contributed by atoms with Crippen LogP contribution in [0, 0.1) is 13.8 Å². The summed E-state index contributed by atoms with van der Waals surface area (Å²) in [4.78, 5) is 14.6. The smallest absolute Gasteiger partial charge is 0.197 e. The van der Waals surface area contributed by atoms with Crippen LogP contribution in [0.3, 0.4) is 0 Å². The highest BCUT2D eigenvalue weighted by Crippen LogP contribution is 2.29. The Bertz CT molecular complexity index is 602. The van der Waals surface area contributed by atoms with Gasteiger partial charge in [-0.2, -0.15) is 0 Å². The van der Waals surface area contributed by atoms with Gasteiger partial charge in [0.05, 0.1) is 12.7 Å². The summed E-state index contributed by atoms with van der Waals surface area (Å²) < 4.78 is 5.21. The SMILES string of the molecule is COc1cc(Cl)ccc1C(=O)c1cc(C)sc1C. The van der Waals surface area contributed by atoms with Crippen LogP contribution >= 0.6 is 22.9 Å². The van der Waals surface area contributed by atoms with Gasteiger partial charge < -0.3 is 4.74 Å². The number of aryl methyl sites for hydroxylation is 2. The van der Waals surface area contributed by atoms with E-state index in [-0.39, 0.29) is 5.78 Å². The molecule has 0 radical (unpaired) electrons. The van der Waals surface area contributed by atoms with Crippen molar-refractivity contribution in [2.24, 2.45) is 0 Å². The standard InChI is InChI=1S/C14H13ClO2S/c1-8-6-12(9(2)18-8)14(16)11-5-4-10(15)7-13(11)17-3/h4-7H,1-3H3. The van der Waals surface area contributed by atoms with E-state index in [4.69, 9.17) is 16.3 Å². The lowest BCUT2D eigenvalue weighted by molar-refractivity contribution is 0.103. The quantitative estimate of drug-likeness (QED) is 0.786. The maximum Gasteiger partial charge on any atom is 0.197 e. The van der Waals surface area contributed by atoms with E-state index in [0.717, 1.165) is 15.3 Å². The van der Waals surface area contributed by atoms with E-state index in [9.17, 15) is 4.79 Å². The van der Waals surface area contributed by atoms with Crippen molar-refractivity contribution in [3.8, 4) is 5.75 Å². The second-order valence-electron chi connectivity index (χ2n) is 4.00. The number of ketones is 1. The summed E-state index contributed by atoms with van der Waals surface area (Å²) in [6.07, 6.45) is 0. The minimum Gasteiger partial charge on any atom is -0.496 e. The van der Waals surface area contributed by atoms with Gasteiger partial charge in [-0.3, -0.25) is 4.79 Å². The van der Waals surface area contributed by atoms with Crippen LogP contribution in [0.1, 0.15) is 25.7 Å². The van der Waals surface area contributed by atoms with Crippen molar-refractivity contribution in [3.63, 3.8) is 0 Å². The van der Waals surface area contributed by atoms with Crippen LogP contribution in [0.25, 0.3) is 0 Å². The topological polar surface area (TPSA) is 26.3 Å². The first-order chi connectivity index (χ1) is 8.52. The van der Waals surface area contributed by atoms with Crippen molar-refractivity contribution in [2.75, 3.05) is 7.11 Å². The van der Waals surface area contributed by atoms with E-state index < -0.39 is 0 Å². The van der Waals surface area contributed by atoms with Gasteiger partial charge in [-0.25, -0.2) is 0 Å². The third-order valence-corrected chi connectivity index (χ3v) is 3.89. The average Bonchev–Trinajstić information content (AvgIpc) is 2.67. The van der Waals surface area contributed by atoms with Gasteiger partial charge in [0.15, 0.2) is 5.78 Å². The third-order valence-electron chi connectivity index (χ3n) is 2.69. The zero-order valence-corrected chi connectivity index (χ0v) is 12.0. The molecule has 0 atom stereocenters. The van der Waals surface area contributed by atoms with Crippen LogP contribution in [0.4, 0.5) is 0 Å². The number of carbonyl (C=O) groups is 1. The molecule has 0 bridgehead atoms. The number of hydrogen-bond acceptors (Lipinski definition) is 3. The monoisotopic (exact) mass is 280 g/mol. The van der Waals surface area contributed by atoms with Crippen molar-refractivity contribution in [1.29, 1.82) is 0 Å². The highest BCUT2D eigenvalue weighted by molar-refractivity contribution is 7.12. The summed E-state index contributed by atoms with van der Waals surface area (Å²) >= 11 is 7.51. The normalized spacial score (nSPS) is 10.4. The van der Waals surface area contributed by atoms with E-state index in [1.54, 1.807) is 29.5 Å². The van der Waals surface area contributed by atoms with E-state index in [0.29, 0.717) is 16.3 Å². The summed E-state index contributed by atoms with van der Waals surface area (Å²) in [7, 11) is 1.54.